The molecule has 1 aromatic heterocycles. The van der Waals surface area contributed by atoms with Crippen molar-refractivity contribution >= 4 is 34.9 Å². The molecule has 1 aromatic carbocycles. The first-order chi connectivity index (χ1) is 13.1. The lowest BCUT2D eigenvalue weighted by atomic mass is 10.00. The largest absolute Gasteiger partial charge is 0.349 e. The van der Waals surface area contributed by atoms with Crippen LogP contribution >= 0.6 is 23.1 Å². The van der Waals surface area contributed by atoms with Gasteiger partial charge in [0.25, 0.3) is 5.91 Å². The van der Waals surface area contributed by atoms with Crippen LogP contribution in [-0.4, -0.2) is 38.4 Å². The van der Waals surface area contributed by atoms with Crippen LogP contribution in [0.4, 0.5) is 0 Å². The lowest BCUT2D eigenvalue weighted by Crippen LogP contribution is -2.49. The molecule has 2 aromatic rings. The maximum atomic E-state index is 13.2. The summed E-state index contributed by atoms with van der Waals surface area (Å²) in [5.74, 6) is -0.172. The zero-order chi connectivity index (χ0) is 20.9. The molecule has 0 aliphatic heterocycles. The van der Waals surface area contributed by atoms with Crippen molar-refractivity contribution in [3.05, 3.63) is 45.9 Å². The fourth-order valence-electron chi connectivity index (χ4n) is 2.71. The second kappa shape index (κ2) is 9.47. The predicted molar refractivity (Wildman–Crippen MR) is 112 cm³/mol. The number of carbonyl (C=O) groups excluding carboxylic acids is 2. The van der Waals surface area contributed by atoms with E-state index in [4.69, 9.17) is 11.6 Å². The molecule has 0 aliphatic carbocycles. The van der Waals surface area contributed by atoms with Gasteiger partial charge in [-0.1, -0.05) is 42.1 Å². The van der Waals surface area contributed by atoms with Crippen molar-refractivity contribution in [2.75, 3.05) is 6.54 Å². The number of carbonyl (C=O) groups is 2. The summed E-state index contributed by atoms with van der Waals surface area (Å²) >= 11 is 7.14. The predicted octanol–water partition coefficient (Wildman–Crippen LogP) is 4.34. The smallest absolute Gasteiger partial charge is 0.276 e. The Hall–Kier alpha value is -1.99. The topological polar surface area (TPSA) is 75.2 Å². The van der Waals surface area contributed by atoms with Crippen LogP contribution in [0, 0.1) is 5.92 Å². The molecule has 6 nitrogen and oxygen atoms in total. The Bertz CT molecular complexity index is 786. The molecule has 0 saturated carbocycles. The lowest BCUT2D eigenvalue weighted by molar-refractivity contribution is -0.127. The summed E-state index contributed by atoms with van der Waals surface area (Å²) in [7, 11) is 0. The number of nitrogens with one attached hydrogen (secondary N) is 1. The maximum Gasteiger partial charge on any atom is 0.276 e. The summed E-state index contributed by atoms with van der Waals surface area (Å²) in [4.78, 5) is 28.0. The summed E-state index contributed by atoms with van der Waals surface area (Å²) in [5, 5.41) is 9.09. The molecule has 152 valence electrons. The molecule has 1 atom stereocenters. The van der Waals surface area contributed by atoms with E-state index in [2.05, 4.69) is 28.8 Å². The van der Waals surface area contributed by atoms with Crippen molar-refractivity contribution in [2.24, 2.45) is 5.92 Å². The number of nitrogens with zero attached hydrogens (tertiary/aromatic N) is 3. The van der Waals surface area contributed by atoms with Gasteiger partial charge in [0.1, 0.15) is 6.04 Å². The van der Waals surface area contributed by atoms with Crippen molar-refractivity contribution < 1.29 is 9.59 Å². The Labute approximate surface area is 175 Å². The zero-order valence-electron chi connectivity index (χ0n) is 16.9. The fourth-order valence-corrected chi connectivity index (χ4v) is 3.26. The number of rotatable bonds is 7. The van der Waals surface area contributed by atoms with Crippen LogP contribution in [0.1, 0.15) is 63.1 Å². The molecule has 0 fully saturated rings. The van der Waals surface area contributed by atoms with Gasteiger partial charge in [-0.2, -0.15) is 0 Å². The van der Waals surface area contributed by atoms with Gasteiger partial charge in [-0.15, -0.1) is 5.10 Å². The number of benzene rings is 1. The quantitative estimate of drug-likeness (QED) is 0.720. The third kappa shape index (κ3) is 6.27. The van der Waals surface area contributed by atoms with Crippen LogP contribution in [0.3, 0.4) is 0 Å². The van der Waals surface area contributed by atoms with Crippen molar-refractivity contribution in [3.8, 4) is 0 Å². The highest BCUT2D eigenvalue weighted by atomic mass is 35.5. The molecule has 2 rings (SSSR count). The van der Waals surface area contributed by atoms with Gasteiger partial charge in [0.15, 0.2) is 5.69 Å². The first kappa shape index (κ1) is 22.3. The second-order valence-electron chi connectivity index (χ2n) is 8.16. The van der Waals surface area contributed by atoms with E-state index in [9.17, 15) is 9.59 Å². The highest BCUT2D eigenvalue weighted by Crippen LogP contribution is 2.26. The summed E-state index contributed by atoms with van der Waals surface area (Å²) < 4.78 is 3.79. The minimum atomic E-state index is -0.788. The van der Waals surface area contributed by atoms with Gasteiger partial charge in [0.05, 0.1) is 0 Å². The van der Waals surface area contributed by atoms with Crippen LogP contribution in [0.25, 0.3) is 0 Å². The molecule has 0 saturated heterocycles. The highest BCUT2D eigenvalue weighted by Gasteiger charge is 2.34. The SMILES string of the molecule is CC(C)CCN(C(=O)c1csnn1)C(C(=O)NC(C)(C)C)c1ccc(Cl)cc1. The molecule has 1 unspecified atom stereocenters. The average molecular weight is 423 g/mol. The normalized spacial score (nSPS) is 12.7. The van der Waals surface area contributed by atoms with Crippen LogP contribution in [0.15, 0.2) is 29.6 Å². The number of aromatic nitrogens is 2. The third-order valence-electron chi connectivity index (χ3n) is 4.03. The summed E-state index contributed by atoms with van der Waals surface area (Å²) in [6, 6.07) is 6.23. The van der Waals surface area contributed by atoms with E-state index >= 15 is 0 Å². The fraction of sp³-hybridized carbons (Fsp3) is 0.500. The highest BCUT2D eigenvalue weighted by molar-refractivity contribution is 7.03. The molecule has 8 heteroatoms. The van der Waals surface area contributed by atoms with Crippen molar-refractivity contribution in [1.29, 1.82) is 0 Å². The Morgan fingerprint density at radius 3 is 2.36 bits per heavy atom. The molecule has 28 heavy (non-hydrogen) atoms. The Kier molecular flexibility index (Phi) is 7.55. The molecule has 0 aliphatic rings. The molecule has 1 N–H and O–H groups in total. The van der Waals surface area contributed by atoms with Crippen LogP contribution < -0.4 is 5.32 Å². The maximum absolute atomic E-state index is 13.2. The van der Waals surface area contributed by atoms with E-state index < -0.39 is 11.6 Å². The van der Waals surface area contributed by atoms with Gasteiger partial charge >= 0.3 is 0 Å². The van der Waals surface area contributed by atoms with Gasteiger partial charge < -0.3 is 10.2 Å². The van der Waals surface area contributed by atoms with Gasteiger partial charge in [-0.25, -0.2) is 0 Å². The van der Waals surface area contributed by atoms with E-state index in [0.29, 0.717) is 23.0 Å². The van der Waals surface area contributed by atoms with E-state index in [0.717, 1.165) is 18.0 Å². The molecular weight excluding hydrogens is 396 g/mol. The summed E-state index contributed by atoms with van der Waals surface area (Å²) in [6.07, 6.45) is 0.760. The van der Waals surface area contributed by atoms with Crippen LogP contribution in [-0.2, 0) is 4.79 Å². The molecule has 0 bridgehead atoms. The first-order valence-electron chi connectivity index (χ1n) is 9.24. The van der Waals surface area contributed by atoms with Gasteiger partial charge in [-0.3, -0.25) is 9.59 Å². The van der Waals surface area contributed by atoms with Crippen molar-refractivity contribution in [2.45, 2.75) is 52.6 Å². The molecular formula is C20H27ClN4O2S. The molecule has 0 spiro atoms. The summed E-state index contributed by atoms with van der Waals surface area (Å²) in [5.41, 5.74) is 0.513. The first-order valence-corrected chi connectivity index (χ1v) is 10.5. The van der Waals surface area contributed by atoms with E-state index in [-0.39, 0.29) is 17.5 Å². The number of hydrogen-bond acceptors (Lipinski definition) is 5. The van der Waals surface area contributed by atoms with Gasteiger partial charge in [-0.05, 0) is 62.3 Å². The molecule has 2 amide bonds. The van der Waals surface area contributed by atoms with Crippen LogP contribution in [0.5, 0.6) is 0 Å². The third-order valence-corrected chi connectivity index (χ3v) is 4.79. The second-order valence-corrected chi connectivity index (χ2v) is 9.21. The van der Waals surface area contributed by atoms with Gasteiger partial charge in [0, 0.05) is 22.5 Å². The average Bonchev–Trinajstić information content (AvgIpc) is 3.12. The number of amides is 2. The molecule has 0 radical (unpaired) electrons. The van der Waals surface area contributed by atoms with Gasteiger partial charge in [0.2, 0.25) is 5.91 Å². The van der Waals surface area contributed by atoms with Crippen molar-refractivity contribution in [3.63, 3.8) is 0 Å². The van der Waals surface area contributed by atoms with E-state index in [1.807, 2.05) is 20.8 Å². The minimum Gasteiger partial charge on any atom is -0.349 e. The van der Waals surface area contributed by atoms with Crippen molar-refractivity contribution in [1.82, 2.24) is 19.8 Å². The summed E-state index contributed by atoms with van der Waals surface area (Å²) in [6.45, 7) is 10.3. The van der Waals surface area contributed by atoms with E-state index in [1.165, 1.54) is 0 Å². The zero-order valence-corrected chi connectivity index (χ0v) is 18.5. The minimum absolute atomic E-state index is 0.241. The Morgan fingerprint density at radius 1 is 1.21 bits per heavy atom. The van der Waals surface area contributed by atoms with Crippen LogP contribution in [0.2, 0.25) is 5.02 Å². The Morgan fingerprint density at radius 2 is 1.86 bits per heavy atom. The Balaban J connectivity index is 2.47. The van der Waals surface area contributed by atoms with E-state index in [1.54, 1.807) is 34.5 Å². The molecule has 1 heterocycles. The lowest BCUT2D eigenvalue weighted by Gasteiger charge is -2.33. The standard InChI is InChI=1S/C20H27ClN4O2S/c1-13(2)10-11-25(19(27)16-12-28-24-23-16)17(18(26)22-20(3,4)5)14-6-8-15(21)9-7-14/h6-9,12-13,17H,10-11H2,1-5H3,(H,22,26). The monoisotopic (exact) mass is 422 g/mol. The number of halogens is 1. The number of hydrogen-bond donors (Lipinski definition) is 1.